The Balaban J connectivity index is 1.99. The van der Waals surface area contributed by atoms with Crippen molar-refractivity contribution in [3.05, 3.63) is 30.1 Å². The normalized spacial score (nSPS) is 13.8. The lowest BCUT2D eigenvalue weighted by atomic mass is 9.75. The highest BCUT2D eigenvalue weighted by Gasteiger charge is 2.27. The van der Waals surface area contributed by atoms with Crippen molar-refractivity contribution >= 4 is 0 Å². The zero-order valence-electron chi connectivity index (χ0n) is 10.6. The van der Waals surface area contributed by atoms with Gasteiger partial charge in [-0.25, -0.2) is 4.98 Å². The Hall–Kier alpha value is -1.65. The maximum Gasteiger partial charge on any atom is 0.106 e. The van der Waals surface area contributed by atoms with Crippen molar-refractivity contribution in [1.29, 1.82) is 0 Å². The summed E-state index contributed by atoms with van der Waals surface area (Å²) in [5, 5.41) is 10.6. The first-order valence-electron chi connectivity index (χ1n) is 5.91. The highest BCUT2D eigenvalue weighted by atomic mass is 15.3. The molecule has 5 heteroatoms. The lowest BCUT2D eigenvalue weighted by molar-refractivity contribution is 0.223. The van der Waals surface area contributed by atoms with Gasteiger partial charge in [0, 0.05) is 25.0 Å². The predicted molar refractivity (Wildman–Crippen MR) is 65.3 cm³/mol. The van der Waals surface area contributed by atoms with Gasteiger partial charge in [-0.2, -0.15) is 0 Å². The molecule has 0 fully saturated rings. The summed E-state index contributed by atoms with van der Waals surface area (Å²) in [5.74, 6) is 1.57. The van der Waals surface area contributed by atoms with Crippen molar-refractivity contribution in [1.82, 2.24) is 25.4 Å². The quantitative estimate of drug-likeness (QED) is 0.829. The van der Waals surface area contributed by atoms with Crippen molar-refractivity contribution < 1.29 is 0 Å². The largest absolute Gasteiger partial charge is 0.349 e. The van der Waals surface area contributed by atoms with Crippen LogP contribution in [-0.4, -0.2) is 25.4 Å². The molecule has 17 heavy (non-hydrogen) atoms. The summed E-state index contributed by atoms with van der Waals surface area (Å²) in [6.45, 7) is 6.77. The average Bonchev–Trinajstić information content (AvgIpc) is 2.90. The second-order valence-electron chi connectivity index (χ2n) is 5.27. The maximum absolute atomic E-state index is 4.28. The molecule has 92 valence electrons. The Morgan fingerprint density at radius 1 is 1.41 bits per heavy atom. The second kappa shape index (κ2) is 4.69. The van der Waals surface area contributed by atoms with Crippen molar-refractivity contribution in [2.75, 3.05) is 0 Å². The summed E-state index contributed by atoms with van der Waals surface area (Å²) in [6.07, 6.45) is 7.41. The first-order chi connectivity index (χ1) is 8.08. The van der Waals surface area contributed by atoms with Crippen LogP contribution in [0.3, 0.4) is 0 Å². The third kappa shape index (κ3) is 2.93. The number of rotatable bonds is 5. The lowest BCUT2D eigenvalue weighted by Gasteiger charge is -2.30. The fourth-order valence-electron chi connectivity index (χ4n) is 1.93. The summed E-state index contributed by atoms with van der Waals surface area (Å²) >= 11 is 0. The number of aromatic nitrogens is 5. The fraction of sp³-hybridized carbons (Fsp3) is 0.583. The van der Waals surface area contributed by atoms with E-state index in [0.717, 1.165) is 24.4 Å². The van der Waals surface area contributed by atoms with Gasteiger partial charge >= 0.3 is 0 Å². The summed E-state index contributed by atoms with van der Waals surface area (Å²) in [7, 11) is 0. The first-order valence-corrected chi connectivity index (χ1v) is 5.91. The van der Waals surface area contributed by atoms with Gasteiger partial charge in [-0.15, -0.1) is 5.10 Å². The van der Waals surface area contributed by atoms with Gasteiger partial charge in [-0.1, -0.05) is 26.0 Å². The third-order valence-electron chi connectivity index (χ3n) is 3.49. The third-order valence-corrected chi connectivity index (χ3v) is 3.49. The van der Waals surface area contributed by atoms with Crippen LogP contribution in [0.15, 0.2) is 18.6 Å². The minimum atomic E-state index is 0.170. The van der Waals surface area contributed by atoms with E-state index in [1.54, 1.807) is 6.20 Å². The van der Waals surface area contributed by atoms with Crippen LogP contribution in [0.5, 0.6) is 0 Å². The van der Waals surface area contributed by atoms with E-state index in [1.165, 1.54) is 0 Å². The van der Waals surface area contributed by atoms with Crippen LogP contribution >= 0.6 is 0 Å². The zero-order chi connectivity index (χ0) is 12.3. The van der Waals surface area contributed by atoms with Gasteiger partial charge in [-0.3, -0.25) is 5.10 Å². The van der Waals surface area contributed by atoms with Crippen LogP contribution in [0.2, 0.25) is 0 Å². The van der Waals surface area contributed by atoms with E-state index in [2.05, 4.69) is 46.1 Å². The van der Waals surface area contributed by atoms with Gasteiger partial charge in [-0.05, 0) is 17.8 Å². The van der Waals surface area contributed by atoms with Crippen LogP contribution in [-0.2, 0) is 12.8 Å². The maximum atomic E-state index is 4.28. The van der Waals surface area contributed by atoms with E-state index in [-0.39, 0.29) is 5.41 Å². The Morgan fingerprint density at radius 3 is 2.82 bits per heavy atom. The molecule has 0 amide bonds. The Labute approximate surface area is 101 Å². The number of hydrogen-bond acceptors (Lipinski definition) is 3. The molecule has 0 bridgehead atoms. The molecule has 2 rings (SSSR count). The molecule has 0 aliphatic heterocycles. The van der Waals surface area contributed by atoms with E-state index in [1.807, 2.05) is 12.4 Å². The number of imidazole rings is 1. The smallest absolute Gasteiger partial charge is 0.106 e. The molecule has 0 saturated carbocycles. The Kier molecular flexibility index (Phi) is 3.26. The number of H-pyrrole nitrogens is 2. The molecule has 1 unspecified atom stereocenters. The van der Waals surface area contributed by atoms with Gasteiger partial charge in [0.1, 0.15) is 5.82 Å². The van der Waals surface area contributed by atoms with Gasteiger partial charge in [0.05, 0.1) is 5.69 Å². The zero-order valence-corrected chi connectivity index (χ0v) is 10.6. The molecule has 0 aliphatic rings. The van der Waals surface area contributed by atoms with Crippen molar-refractivity contribution in [2.24, 2.45) is 11.3 Å². The topological polar surface area (TPSA) is 70.2 Å². The van der Waals surface area contributed by atoms with Crippen LogP contribution < -0.4 is 0 Å². The predicted octanol–water partition coefficient (Wildman–Crippen LogP) is 1.98. The number of nitrogens with one attached hydrogen (secondary N) is 2. The highest BCUT2D eigenvalue weighted by Crippen LogP contribution is 2.31. The van der Waals surface area contributed by atoms with E-state index < -0.39 is 0 Å². The average molecular weight is 233 g/mol. The minimum Gasteiger partial charge on any atom is -0.349 e. The summed E-state index contributed by atoms with van der Waals surface area (Å²) in [5.41, 5.74) is 1.19. The van der Waals surface area contributed by atoms with Gasteiger partial charge in [0.25, 0.3) is 0 Å². The molecule has 5 nitrogen and oxygen atoms in total. The molecule has 2 aromatic heterocycles. The van der Waals surface area contributed by atoms with Crippen LogP contribution in [0.25, 0.3) is 0 Å². The molecule has 2 N–H and O–H groups in total. The van der Waals surface area contributed by atoms with Crippen molar-refractivity contribution in [2.45, 2.75) is 33.6 Å². The summed E-state index contributed by atoms with van der Waals surface area (Å²) in [6, 6.07) is 0. The SMILES string of the molecule is CC(Cc1ncc[nH]1)C(C)(C)Cc1c[nH]nn1. The molecule has 2 heterocycles. The standard InChI is InChI=1S/C12H19N5/c1-9(6-11-13-4-5-14-11)12(2,3)7-10-8-15-17-16-10/h4-5,8-9H,6-7H2,1-3H3,(H,13,14)(H,15,16,17). The van der Waals surface area contributed by atoms with E-state index >= 15 is 0 Å². The fourth-order valence-corrected chi connectivity index (χ4v) is 1.93. The molecular formula is C12H19N5. The Bertz CT molecular complexity index is 429. The van der Waals surface area contributed by atoms with Crippen LogP contribution in [0, 0.1) is 11.3 Å². The van der Waals surface area contributed by atoms with E-state index in [4.69, 9.17) is 0 Å². The van der Waals surface area contributed by atoms with Crippen LogP contribution in [0.1, 0.15) is 32.3 Å². The molecule has 0 saturated heterocycles. The summed E-state index contributed by atoms with van der Waals surface area (Å²) < 4.78 is 0. The van der Waals surface area contributed by atoms with E-state index in [0.29, 0.717) is 5.92 Å². The molecule has 2 aromatic rings. The molecular weight excluding hydrogens is 214 g/mol. The van der Waals surface area contributed by atoms with Crippen molar-refractivity contribution in [3.63, 3.8) is 0 Å². The van der Waals surface area contributed by atoms with Crippen molar-refractivity contribution in [3.8, 4) is 0 Å². The number of nitrogens with zero attached hydrogens (tertiary/aromatic N) is 3. The second-order valence-corrected chi connectivity index (χ2v) is 5.27. The molecule has 1 atom stereocenters. The van der Waals surface area contributed by atoms with E-state index in [9.17, 15) is 0 Å². The monoisotopic (exact) mass is 233 g/mol. The minimum absolute atomic E-state index is 0.170. The molecule has 0 radical (unpaired) electrons. The number of aromatic amines is 2. The molecule has 0 aromatic carbocycles. The number of hydrogen-bond donors (Lipinski definition) is 2. The Morgan fingerprint density at radius 2 is 2.24 bits per heavy atom. The molecule has 0 spiro atoms. The highest BCUT2D eigenvalue weighted by molar-refractivity contribution is 4.99. The lowest BCUT2D eigenvalue weighted by Crippen LogP contribution is -2.26. The summed E-state index contributed by atoms with van der Waals surface area (Å²) in [4.78, 5) is 7.43. The molecule has 0 aliphatic carbocycles. The van der Waals surface area contributed by atoms with Gasteiger partial charge in [0.2, 0.25) is 0 Å². The first kappa shape index (κ1) is 11.8. The van der Waals surface area contributed by atoms with Crippen LogP contribution in [0.4, 0.5) is 0 Å². The van der Waals surface area contributed by atoms with Gasteiger partial charge in [0.15, 0.2) is 0 Å². The van der Waals surface area contributed by atoms with Gasteiger partial charge < -0.3 is 4.98 Å².